The van der Waals surface area contributed by atoms with E-state index in [1.54, 1.807) is 18.2 Å². The highest BCUT2D eigenvalue weighted by atomic mass is 35.5. The Morgan fingerprint density at radius 1 is 1.05 bits per heavy atom. The molecule has 0 bridgehead atoms. The summed E-state index contributed by atoms with van der Waals surface area (Å²) in [5.74, 6) is 0. The highest BCUT2D eigenvalue weighted by Gasteiger charge is 2.30. The van der Waals surface area contributed by atoms with Crippen LogP contribution in [-0.2, 0) is 12.6 Å². The molecule has 0 heterocycles. The summed E-state index contributed by atoms with van der Waals surface area (Å²) in [5.41, 5.74) is 1.62. The molecule has 0 aliphatic rings. The van der Waals surface area contributed by atoms with Crippen LogP contribution >= 0.6 is 11.6 Å². The van der Waals surface area contributed by atoms with Crippen LogP contribution in [0.3, 0.4) is 0 Å². The molecule has 2 aromatic rings. The molecular formula is C15H12ClF3. The summed E-state index contributed by atoms with van der Waals surface area (Å²) in [6.07, 6.45) is -3.59. The van der Waals surface area contributed by atoms with Crippen molar-refractivity contribution in [2.45, 2.75) is 19.5 Å². The molecule has 0 amide bonds. The number of rotatable bonds is 2. The summed E-state index contributed by atoms with van der Waals surface area (Å²) in [4.78, 5) is 0. The Balaban J connectivity index is 2.56. The molecule has 0 saturated heterocycles. The van der Waals surface area contributed by atoms with Gasteiger partial charge in [-0.2, -0.15) is 13.2 Å². The van der Waals surface area contributed by atoms with Crippen molar-refractivity contribution in [2.75, 3.05) is 0 Å². The third kappa shape index (κ3) is 3.10. The molecule has 0 N–H and O–H groups in total. The Morgan fingerprint density at radius 2 is 1.79 bits per heavy atom. The number of hydrogen-bond acceptors (Lipinski definition) is 0. The van der Waals surface area contributed by atoms with Crippen molar-refractivity contribution in [2.24, 2.45) is 0 Å². The molecule has 100 valence electrons. The molecule has 0 fully saturated rings. The molecule has 0 radical (unpaired) electrons. The maximum Gasteiger partial charge on any atom is 0.416 e. The van der Waals surface area contributed by atoms with E-state index in [-0.39, 0.29) is 0 Å². The number of alkyl halides is 3. The first-order valence-corrected chi connectivity index (χ1v) is 6.25. The van der Waals surface area contributed by atoms with Gasteiger partial charge in [0.05, 0.1) is 5.56 Å². The van der Waals surface area contributed by atoms with Crippen LogP contribution in [0.15, 0.2) is 42.5 Å². The second-order valence-corrected chi connectivity index (χ2v) is 4.67. The topological polar surface area (TPSA) is 0 Å². The van der Waals surface area contributed by atoms with Gasteiger partial charge in [-0.1, -0.05) is 36.7 Å². The largest absolute Gasteiger partial charge is 0.416 e. The van der Waals surface area contributed by atoms with Crippen LogP contribution in [0.2, 0.25) is 5.02 Å². The first kappa shape index (κ1) is 13.9. The predicted octanol–water partition coefficient (Wildman–Crippen LogP) is 5.59. The third-order valence-electron chi connectivity index (χ3n) is 2.95. The monoisotopic (exact) mass is 284 g/mol. The number of aryl methyl sites for hydroxylation is 1. The minimum absolute atomic E-state index is 0.518. The van der Waals surface area contributed by atoms with E-state index in [9.17, 15) is 13.2 Å². The van der Waals surface area contributed by atoms with E-state index >= 15 is 0 Å². The van der Waals surface area contributed by atoms with E-state index in [0.29, 0.717) is 10.6 Å². The highest BCUT2D eigenvalue weighted by molar-refractivity contribution is 6.30. The van der Waals surface area contributed by atoms with Crippen molar-refractivity contribution >= 4 is 11.6 Å². The van der Waals surface area contributed by atoms with E-state index in [1.807, 2.05) is 13.0 Å². The molecule has 2 aromatic carbocycles. The molecular weight excluding hydrogens is 273 g/mol. The molecule has 0 aliphatic heterocycles. The molecule has 4 heteroatoms. The maximum atomic E-state index is 12.7. The molecule has 0 spiro atoms. The van der Waals surface area contributed by atoms with Crippen molar-refractivity contribution in [3.8, 4) is 11.1 Å². The lowest BCUT2D eigenvalue weighted by Gasteiger charge is -2.12. The molecule has 0 atom stereocenters. The average molecular weight is 285 g/mol. The van der Waals surface area contributed by atoms with E-state index in [1.165, 1.54) is 6.07 Å². The van der Waals surface area contributed by atoms with Gasteiger partial charge in [0.15, 0.2) is 0 Å². The lowest BCUT2D eigenvalue weighted by Crippen LogP contribution is -2.04. The molecule has 0 aromatic heterocycles. The number of benzene rings is 2. The van der Waals surface area contributed by atoms with Crippen LogP contribution in [0.25, 0.3) is 11.1 Å². The van der Waals surface area contributed by atoms with Gasteiger partial charge in [0.25, 0.3) is 0 Å². The molecule has 0 nitrogen and oxygen atoms in total. The van der Waals surface area contributed by atoms with Crippen LogP contribution in [0, 0.1) is 0 Å². The fraction of sp³-hybridized carbons (Fsp3) is 0.200. The quantitative estimate of drug-likeness (QED) is 0.674. The van der Waals surface area contributed by atoms with Gasteiger partial charge in [-0.3, -0.25) is 0 Å². The van der Waals surface area contributed by atoms with Gasteiger partial charge in [-0.25, -0.2) is 0 Å². The first-order chi connectivity index (χ1) is 8.91. The predicted molar refractivity (Wildman–Crippen MR) is 71.3 cm³/mol. The van der Waals surface area contributed by atoms with Crippen molar-refractivity contribution in [3.05, 3.63) is 58.6 Å². The Hall–Kier alpha value is -1.48. The minimum atomic E-state index is -4.33. The minimum Gasteiger partial charge on any atom is -0.166 e. The van der Waals surface area contributed by atoms with Gasteiger partial charge >= 0.3 is 6.18 Å². The Kier molecular flexibility index (Phi) is 3.85. The van der Waals surface area contributed by atoms with Crippen molar-refractivity contribution in [3.63, 3.8) is 0 Å². The third-order valence-corrected chi connectivity index (χ3v) is 3.19. The average Bonchev–Trinajstić information content (AvgIpc) is 2.38. The Morgan fingerprint density at radius 3 is 2.42 bits per heavy atom. The van der Waals surface area contributed by atoms with E-state index in [4.69, 9.17) is 11.6 Å². The van der Waals surface area contributed by atoms with Crippen LogP contribution in [-0.4, -0.2) is 0 Å². The summed E-state index contributed by atoms with van der Waals surface area (Å²) in [7, 11) is 0. The van der Waals surface area contributed by atoms with Gasteiger partial charge in [-0.05, 0) is 47.4 Å². The van der Waals surface area contributed by atoms with Crippen LogP contribution in [0.1, 0.15) is 18.1 Å². The summed E-state index contributed by atoms with van der Waals surface area (Å²) in [6, 6.07) is 10.6. The van der Waals surface area contributed by atoms with Gasteiger partial charge in [0.2, 0.25) is 0 Å². The van der Waals surface area contributed by atoms with Crippen LogP contribution < -0.4 is 0 Å². The van der Waals surface area contributed by atoms with Crippen LogP contribution in [0.4, 0.5) is 13.2 Å². The zero-order valence-electron chi connectivity index (χ0n) is 10.3. The van der Waals surface area contributed by atoms with E-state index in [2.05, 4.69) is 0 Å². The fourth-order valence-corrected chi connectivity index (χ4v) is 2.16. The zero-order valence-corrected chi connectivity index (χ0v) is 11.0. The van der Waals surface area contributed by atoms with Crippen molar-refractivity contribution < 1.29 is 13.2 Å². The Bertz CT molecular complexity index is 588. The molecule has 0 saturated carbocycles. The standard InChI is InChI=1S/C15H12ClF3/c1-2-10-6-7-13(16)9-14(10)11-4-3-5-12(8-11)15(17,18)19/h3-9H,2H2,1H3. The summed E-state index contributed by atoms with van der Waals surface area (Å²) < 4.78 is 38.2. The molecule has 0 aliphatic carbocycles. The fourth-order valence-electron chi connectivity index (χ4n) is 1.99. The normalized spacial score (nSPS) is 11.6. The van der Waals surface area contributed by atoms with Gasteiger partial charge in [-0.15, -0.1) is 0 Å². The number of hydrogen-bond donors (Lipinski definition) is 0. The summed E-state index contributed by atoms with van der Waals surface area (Å²) in [6.45, 7) is 1.96. The van der Waals surface area contributed by atoms with E-state index < -0.39 is 11.7 Å². The lowest BCUT2D eigenvalue weighted by atomic mass is 9.97. The van der Waals surface area contributed by atoms with Gasteiger partial charge in [0, 0.05) is 5.02 Å². The Labute approximate surface area is 114 Å². The molecule has 2 rings (SSSR count). The molecule has 19 heavy (non-hydrogen) atoms. The second kappa shape index (κ2) is 5.25. The summed E-state index contributed by atoms with van der Waals surface area (Å²) >= 11 is 5.93. The van der Waals surface area contributed by atoms with Crippen molar-refractivity contribution in [1.29, 1.82) is 0 Å². The lowest BCUT2D eigenvalue weighted by molar-refractivity contribution is -0.137. The first-order valence-electron chi connectivity index (χ1n) is 5.88. The zero-order chi connectivity index (χ0) is 14.0. The SMILES string of the molecule is CCc1ccc(Cl)cc1-c1cccc(C(F)(F)F)c1. The number of halogens is 4. The van der Waals surface area contributed by atoms with Gasteiger partial charge in [0.1, 0.15) is 0 Å². The molecule has 0 unspecified atom stereocenters. The maximum absolute atomic E-state index is 12.7. The van der Waals surface area contributed by atoms with Crippen LogP contribution in [0.5, 0.6) is 0 Å². The second-order valence-electron chi connectivity index (χ2n) is 4.23. The smallest absolute Gasteiger partial charge is 0.166 e. The van der Waals surface area contributed by atoms with Gasteiger partial charge < -0.3 is 0 Å². The van der Waals surface area contributed by atoms with Crippen molar-refractivity contribution in [1.82, 2.24) is 0 Å². The highest BCUT2D eigenvalue weighted by Crippen LogP contribution is 2.34. The van der Waals surface area contributed by atoms with E-state index in [0.717, 1.165) is 29.7 Å². The summed E-state index contributed by atoms with van der Waals surface area (Å²) in [5, 5.41) is 0.518.